The van der Waals surface area contributed by atoms with Crippen LogP contribution < -0.4 is 10.1 Å². The summed E-state index contributed by atoms with van der Waals surface area (Å²) < 4.78 is 5.74. The molecule has 2 aromatic heterocycles. The summed E-state index contributed by atoms with van der Waals surface area (Å²) in [6.45, 7) is 1.92. The summed E-state index contributed by atoms with van der Waals surface area (Å²) in [4.78, 5) is 19.9. The highest BCUT2D eigenvalue weighted by Gasteiger charge is 2.19. The molecule has 0 aliphatic heterocycles. The predicted octanol–water partition coefficient (Wildman–Crippen LogP) is 3.93. The third-order valence-electron chi connectivity index (χ3n) is 3.29. The van der Waals surface area contributed by atoms with Crippen LogP contribution in [-0.2, 0) is 4.79 Å². The lowest BCUT2D eigenvalue weighted by Gasteiger charge is -2.16. The van der Waals surface area contributed by atoms with Gasteiger partial charge in [0.25, 0.3) is 5.91 Å². The van der Waals surface area contributed by atoms with E-state index in [0.717, 1.165) is 11.4 Å². The van der Waals surface area contributed by atoms with E-state index in [9.17, 15) is 4.79 Å². The van der Waals surface area contributed by atoms with Gasteiger partial charge in [-0.25, -0.2) is 4.98 Å². The number of aromatic nitrogens is 2. The number of carbonyl (C=O) groups excluding carboxylic acids is 1. The summed E-state index contributed by atoms with van der Waals surface area (Å²) in [6, 6.07) is 13.2. The number of rotatable bonds is 6. The summed E-state index contributed by atoms with van der Waals surface area (Å²) in [5, 5.41) is 5.29. The van der Waals surface area contributed by atoms with E-state index in [1.54, 1.807) is 0 Å². The highest BCUT2D eigenvalue weighted by molar-refractivity contribution is 7.14. The molecule has 0 saturated heterocycles. The molecule has 2 heterocycles. The van der Waals surface area contributed by atoms with Gasteiger partial charge in [0.05, 0.1) is 11.4 Å². The quantitative estimate of drug-likeness (QED) is 0.721. The molecule has 0 aliphatic carbocycles. The fourth-order valence-corrected chi connectivity index (χ4v) is 2.83. The lowest BCUT2D eigenvalue weighted by Crippen LogP contribution is -2.32. The first kappa shape index (κ1) is 15.3. The number of thiazole rings is 1. The van der Waals surface area contributed by atoms with E-state index in [1.165, 1.54) is 11.3 Å². The fourth-order valence-electron chi connectivity index (χ4n) is 2.12. The van der Waals surface area contributed by atoms with Crippen molar-refractivity contribution in [2.45, 2.75) is 19.4 Å². The van der Waals surface area contributed by atoms with Gasteiger partial charge in [-0.2, -0.15) is 0 Å². The van der Waals surface area contributed by atoms with Gasteiger partial charge in [0.1, 0.15) is 5.75 Å². The van der Waals surface area contributed by atoms with Crippen molar-refractivity contribution in [3.8, 4) is 17.1 Å². The zero-order chi connectivity index (χ0) is 16.1. The van der Waals surface area contributed by atoms with Crippen molar-refractivity contribution in [3.05, 3.63) is 54.0 Å². The number of carbonyl (C=O) groups is 1. The Bertz CT molecular complexity index is 753. The van der Waals surface area contributed by atoms with Gasteiger partial charge in [0, 0.05) is 11.6 Å². The van der Waals surface area contributed by atoms with Crippen LogP contribution in [0, 0.1) is 0 Å². The molecule has 0 unspecified atom stereocenters. The first-order valence-corrected chi connectivity index (χ1v) is 8.26. The van der Waals surface area contributed by atoms with Crippen LogP contribution in [0.5, 0.6) is 5.75 Å². The second-order valence-corrected chi connectivity index (χ2v) is 5.80. The van der Waals surface area contributed by atoms with Crippen LogP contribution in [0.15, 0.2) is 54.0 Å². The Kier molecular flexibility index (Phi) is 4.73. The van der Waals surface area contributed by atoms with Crippen LogP contribution in [-0.4, -0.2) is 22.0 Å². The number of benzene rings is 1. The minimum absolute atomic E-state index is 0.191. The minimum Gasteiger partial charge on any atom is -0.481 e. The molecule has 0 radical (unpaired) electrons. The number of aromatic amines is 1. The highest BCUT2D eigenvalue weighted by Crippen LogP contribution is 2.24. The van der Waals surface area contributed by atoms with Crippen LogP contribution in [0.25, 0.3) is 11.4 Å². The molecule has 0 saturated carbocycles. The van der Waals surface area contributed by atoms with E-state index in [0.29, 0.717) is 17.3 Å². The van der Waals surface area contributed by atoms with E-state index in [4.69, 9.17) is 4.74 Å². The molecular formula is C17H17N3O2S. The Morgan fingerprint density at radius 1 is 1.30 bits per heavy atom. The third kappa shape index (κ3) is 3.78. The molecular weight excluding hydrogens is 310 g/mol. The molecule has 3 aromatic rings. The Morgan fingerprint density at radius 3 is 2.83 bits per heavy atom. The highest BCUT2D eigenvalue weighted by atomic mass is 32.1. The smallest absolute Gasteiger partial charge is 0.267 e. The molecule has 0 fully saturated rings. The standard InChI is InChI=1S/C17H17N3O2S/c1-2-15(22-12-7-4-3-5-8-12)16(21)20-17-19-14(11-23-17)13-9-6-10-18-13/h3-11,15,18H,2H2,1H3,(H,19,20,21)/t15-/m1/s1. The van der Waals surface area contributed by atoms with Crippen molar-refractivity contribution in [3.63, 3.8) is 0 Å². The molecule has 0 aliphatic rings. The van der Waals surface area contributed by atoms with Gasteiger partial charge in [-0.15, -0.1) is 11.3 Å². The summed E-state index contributed by atoms with van der Waals surface area (Å²) in [5.74, 6) is 0.490. The molecule has 118 valence electrons. The second-order valence-electron chi connectivity index (χ2n) is 4.94. The number of anilines is 1. The average molecular weight is 327 g/mol. The van der Waals surface area contributed by atoms with Crippen LogP contribution in [0.4, 0.5) is 5.13 Å². The normalized spacial score (nSPS) is 11.9. The maximum Gasteiger partial charge on any atom is 0.267 e. The van der Waals surface area contributed by atoms with Gasteiger partial charge < -0.3 is 9.72 Å². The van der Waals surface area contributed by atoms with Gasteiger partial charge in [0.15, 0.2) is 11.2 Å². The maximum atomic E-state index is 12.4. The molecule has 3 rings (SSSR count). The number of nitrogens with one attached hydrogen (secondary N) is 2. The Morgan fingerprint density at radius 2 is 2.13 bits per heavy atom. The van der Waals surface area contributed by atoms with Crippen molar-refractivity contribution in [1.29, 1.82) is 0 Å². The van der Waals surface area contributed by atoms with E-state index >= 15 is 0 Å². The van der Waals surface area contributed by atoms with Crippen molar-refractivity contribution < 1.29 is 9.53 Å². The second kappa shape index (κ2) is 7.11. The average Bonchev–Trinajstić information content (AvgIpc) is 3.24. The van der Waals surface area contributed by atoms with Crippen molar-refractivity contribution in [2.24, 2.45) is 0 Å². The van der Waals surface area contributed by atoms with Crippen molar-refractivity contribution in [2.75, 3.05) is 5.32 Å². The summed E-state index contributed by atoms with van der Waals surface area (Å²) >= 11 is 1.39. The SMILES string of the molecule is CC[C@@H](Oc1ccccc1)C(=O)Nc1nc(-c2ccc[nH]2)cs1. The molecule has 23 heavy (non-hydrogen) atoms. The van der Waals surface area contributed by atoms with Crippen molar-refractivity contribution in [1.82, 2.24) is 9.97 Å². The Hall–Kier alpha value is -2.60. The van der Waals surface area contributed by atoms with E-state index in [2.05, 4.69) is 15.3 Å². The first-order valence-electron chi connectivity index (χ1n) is 7.38. The van der Waals surface area contributed by atoms with Crippen LogP contribution in [0.1, 0.15) is 13.3 Å². The van der Waals surface area contributed by atoms with Crippen LogP contribution >= 0.6 is 11.3 Å². The molecule has 6 heteroatoms. The molecule has 1 aromatic carbocycles. The monoisotopic (exact) mass is 327 g/mol. The molecule has 0 bridgehead atoms. The number of nitrogens with zero attached hydrogens (tertiary/aromatic N) is 1. The fraction of sp³-hybridized carbons (Fsp3) is 0.176. The predicted molar refractivity (Wildman–Crippen MR) is 91.7 cm³/mol. The number of amides is 1. The number of ether oxygens (including phenoxy) is 1. The number of hydrogen-bond acceptors (Lipinski definition) is 4. The third-order valence-corrected chi connectivity index (χ3v) is 4.05. The number of para-hydroxylation sites is 1. The largest absolute Gasteiger partial charge is 0.481 e. The van der Waals surface area contributed by atoms with E-state index < -0.39 is 6.10 Å². The lowest BCUT2D eigenvalue weighted by molar-refractivity contribution is -0.122. The zero-order valence-electron chi connectivity index (χ0n) is 12.7. The molecule has 5 nitrogen and oxygen atoms in total. The maximum absolute atomic E-state index is 12.4. The summed E-state index contributed by atoms with van der Waals surface area (Å²) in [5.41, 5.74) is 1.74. The summed E-state index contributed by atoms with van der Waals surface area (Å²) in [6.07, 6.45) is 1.87. The van der Waals surface area contributed by atoms with Crippen LogP contribution in [0.3, 0.4) is 0 Å². The topological polar surface area (TPSA) is 67.0 Å². The molecule has 2 N–H and O–H groups in total. The van der Waals surface area contributed by atoms with Gasteiger partial charge in [-0.3, -0.25) is 10.1 Å². The Labute approximate surface area is 138 Å². The van der Waals surface area contributed by atoms with Gasteiger partial charge >= 0.3 is 0 Å². The lowest BCUT2D eigenvalue weighted by atomic mass is 10.2. The minimum atomic E-state index is -0.546. The van der Waals surface area contributed by atoms with Crippen LogP contribution in [0.2, 0.25) is 0 Å². The van der Waals surface area contributed by atoms with Gasteiger partial charge in [0.2, 0.25) is 0 Å². The van der Waals surface area contributed by atoms with Crippen molar-refractivity contribution >= 4 is 22.4 Å². The van der Waals surface area contributed by atoms with E-state index in [1.807, 2.05) is 61.0 Å². The number of hydrogen-bond donors (Lipinski definition) is 2. The Balaban J connectivity index is 1.65. The first-order chi connectivity index (χ1) is 11.3. The van der Waals surface area contributed by atoms with Gasteiger partial charge in [-0.05, 0) is 30.7 Å². The zero-order valence-corrected chi connectivity index (χ0v) is 13.5. The van der Waals surface area contributed by atoms with Gasteiger partial charge in [-0.1, -0.05) is 25.1 Å². The molecule has 0 spiro atoms. The number of H-pyrrole nitrogens is 1. The molecule has 1 amide bonds. The molecule has 1 atom stereocenters. The summed E-state index contributed by atoms with van der Waals surface area (Å²) in [7, 11) is 0. The van der Waals surface area contributed by atoms with E-state index in [-0.39, 0.29) is 5.91 Å².